The summed E-state index contributed by atoms with van der Waals surface area (Å²) >= 11 is 0. The van der Waals surface area contributed by atoms with E-state index in [0.717, 1.165) is 43.9 Å². The number of amides is 1. The van der Waals surface area contributed by atoms with Crippen molar-refractivity contribution < 1.29 is 4.79 Å². The number of rotatable bonds is 4. The van der Waals surface area contributed by atoms with Gasteiger partial charge in [0.1, 0.15) is 5.82 Å². The van der Waals surface area contributed by atoms with Gasteiger partial charge in [0.05, 0.1) is 5.56 Å². The zero-order chi connectivity index (χ0) is 13.8. The minimum atomic E-state index is -0.391. The monoisotopic (exact) mass is 262 g/mol. The molecular weight excluding hydrogens is 240 g/mol. The van der Waals surface area contributed by atoms with Crippen LogP contribution in [0.4, 0.5) is 5.82 Å². The lowest BCUT2D eigenvalue weighted by atomic mass is 9.96. The molecule has 2 heterocycles. The molecule has 1 aromatic heterocycles. The summed E-state index contributed by atoms with van der Waals surface area (Å²) in [5.74, 6) is 1.07. The third kappa shape index (κ3) is 3.04. The van der Waals surface area contributed by atoms with Crippen LogP contribution in [0, 0.1) is 12.8 Å². The van der Waals surface area contributed by atoms with E-state index in [2.05, 4.69) is 15.2 Å². The molecule has 1 saturated heterocycles. The Bertz CT molecular complexity index is 453. The number of nitrogens with one attached hydrogen (secondary N) is 1. The summed E-state index contributed by atoms with van der Waals surface area (Å²) in [6.07, 6.45) is 3.99. The van der Waals surface area contributed by atoms with Gasteiger partial charge < -0.3 is 16.0 Å². The molecule has 0 aromatic carbocycles. The van der Waals surface area contributed by atoms with Gasteiger partial charge in [-0.05, 0) is 50.9 Å². The molecule has 1 aromatic rings. The van der Waals surface area contributed by atoms with Crippen LogP contribution in [0.2, 0.25) is 0 Å². The lowest BCUT2D eigenvalue weighted by Gasteiger charge is -2.33. The minimum Gasteiger partial charge on any atom is -0.365 e. The summed E-state index contributed by atoms with van der Waals surface area (Å²) in [7, 11) is 1.99. The average molecular weight is 262 g/mol. The molecule has 1 aliphatic heterocycles. The second-order valence-corrected chi connectivity index (χ2v) is 5.18. The number of carbonyl (C=O) groups excluding carboxylic acids is 1. The van der Waals surface area contributed by atoms with E-state index in [-0.39, 0.29) is 0 Å². The Hall–Kier alpha value is -1.62. The molecule has 2 rings (SSSR count). The molecule has 19 heavy (non-hydrogen) atoms. The van der Waals surface area contributed by atoms with Gasteiger partial charge in [0.25, 0.3) is 5.91 Å². The largest absolute Gasteiger partial charge is 0.365 e. The van der Waals surface area contributed by atoms with Gasteiger partial charge in [0, 0.05) is 19.3 Å². The Kier molecular flexibility index (Phi) is 4.37. The Balaban J connectivity index is 2.15. The molecule has 0 bridgehead atoms. The highest BCUT2D eigenvalue weighted by atomic mass is 16.1. The molecular formula is C14H22N4O. The number of aromatic nitrogens is 1. The van der Waals surface area contributed by atoms with Crippen molar-refractivity contribution >= 4 is 11.7 Å². The highest BCUT2D eigenvalue weighted by Gasteiger charge is 2.23. The Labute approximate surface area is 114 Å². The molecule has 104 valence electrons. The third-order valence-electron chi connectivity index (χ3n) is 3.79. The van der Waals surface area contributed by atoms with Crippen molar-refractivity contribution in [2.75, 3.05) is 31.6 Å². The minimum absolute atomic E-state index is 0.391. The maximum atomic E-state index is 11.6. The summed E-state index contributed by atoms with van der Waals surface area (Å²) in [4.78, 5) is 18.1. The van der Waals surface area contributed by atoms with Gasteiger partial charge in [-0.3, -0.25) is 4.79 Å². The van der Waals surface area contributed by atoms with Gasteiger partial charge in [-0.1, -0.05) is 0 Å². The van der Waals surface area contributed by atoms with Crippen molar-refractivity contribution in [2.45, 2.75) is 19.8 Å². The van der Waals surface area contributed by atoms with Gasteiger partial charge in [-0.25, -0.2) is 4.98 Å². The van der Waals surface area contributed by atoms with Gasteiger partial charge in [-0.15, -0.1) is 0 Å². The number of hydrogen-bond donors (Lipinski definition) is 2. The molecule has 3 N–H and O–H groups in total. The van der Waals surface area contributed by atoms with Crippen LogP contribution in [0.1, 0.15) is 28.8 Å². The second kappa shape index (κ2) is 6.02. The Morgan fingerprint density at radius 3 is 2.79 bits per heavy atom. The maximum Gasteiger partial charge on any atom is 0.252 e. The number of carbonyl (C=O) groups is 1. The zero-order valence-electron chi connectivity index (χ0n) is 11.6. The number of pyridine rings is 1. The van der Waals surface area contributed by atoms with E-state index in [4.69, 9.17) is 5.73 Å². The molecule has 0 aliphatic carbocycles. The molecule has 1 amide bonds. The van der Waals surface area contributed by atoms with E-state index < -0.39 is 5.91 Å². The Morgan fingerprint density at radius 2 is 2.21 bits per heavy atom. The van der Waals surface area contributed by atoms with Crippen molar-refractivity contribution in [3.05, 3.63) is 23.4 Å². The summed E-state index contributed by atoms with van der Waals surface area (Å²) in [6, 6.07) is 1.83. The number of nitrogens with zero attached hydrogens (tertiary/aromatic N) is 2. The normalized spacial score (nSPS) is 16.6. The molecule has 1 fully saturated rings. The van der Waals surface area contributed by atoms with Gasteiger partial charge >= 0.3 is 0 Å². The molecule has 0 unspecified atom stereocenters. The predicted molar refractivity (Wildman–Crippen MR) is 76.4 cm³/mol. The third-order valence-corrected chi connectivity index (χ3v) is 3.79. The maximum absolute atomic E-state index is 11.6. The van der Waals surface area contributed by atoms with Crippen molar-refractivity contribution in [3.63, 3.8) is 0 Å². The van der Waals surface area contributed by atoms with Crippen molar-refractivity contribution in [1.82, 2.24) is 10.3 Å². The Morgan fingerprint density at radius 1 is 1.53 bits per heavy atom. The van der Waals surface area contributed by atoms with E-state index >= 15 is 0 Å². The highest BCUT2D eigenvalue weighted by molar-refractivity contribution is 5.99. The smallest absolute Gasteiger partial charge is 0.252 e. The fourth-order valence-corrected chi connectivity index (χ4v) is 2.73. The van der Waals surface area contributed by atoms with Crippen LogP contribution in [0.3, 0.4) is 0 Å². The second-order valence-electron chi connectivity index (χ2n) is 5.18. The van der Waals surface area contributed by atoms with Crippen LogP contribution in [-0.4, -0.2) is 37.6 Å². The number of primary amides is 1. The SMILES string of the molecule is CNCC1CCN(c2nccc(C)c2C(N)=O)CC1. The first kappa shape index (κ1) is 13.8. The van der Waals surface area contributed by atoms with Crippen molar-refractivity contribution in [2.24, 2.45) is 11.7 Å². The van der Waals surface area contributed by atoms with E-state index in [1.54, 1.807) is 6.20 Å². The summed E-state index contributed by atoms with van der Waals surface area (Å²) in [5.41, 5.74) is 6.94. The lowest BCUT2D eigenvalue weighted by Crippen LogP contribution is -2.38. The summed E-state index contributed by atoms with van der Waals surface area (Å²) in [5, 5.41) is 3.22. The molecule has 5 nitrogen and oxygen atoms in total. The van der Waals surface area contributed by atoms with Crippen molar-refractivity contribution in [3.8, 4) is 0 Å². The van der Waals surface area contributed by atoms with E-state index in [9.17, 15) is 4.79 Å². The van der Waals surface area contributed by atoms with E-state index in [0.29, 0.717) is 11.5 Å². The number of aryl methyl sites for hydroxylation is 1. The summed E-state index contributed by atoms with van der Waals surface area (Å²) < 4.78 is 0. The lowest BCUT2D eigenvalue weighted by molar-refractivity contribution is 0.1000. The average Bonchev–Trinajstić information content (AvgIpc) is 2.39. The predicted octanol–water partition coefficient (Wildman–Crippen LogP) is 0.925. The van der Waals surface area contributed by atoms with E-state index in [1.165, 1.54) is 0 Å². The fourth-order valence-electron chi connectivity index (χ4n) is 2.73. The van der Waals surface area contributed by atoms with Crippen LogP contribution in [0.25, 0.3) is 0 Å². The number of anilines is 1. The quantitative estimate of drug-likeness (QED) is 0.846. The molecule has 1 aliphatic rings. The fraction of sp³-hybridized carbons (Fsp3) is 0.571. The summed E-state index contributed by atoms with van der Waals surface area (Å²) in [6.45, 7) is 4.82. The highest BCUT2D eigenvalue weighted by Crippen LogP contribution is 2.25. The first-order valence-electron chi connectivity index (χ1n) is 6.78. The van der Waals surface area contributed by atoms with Crippen molar-refractivity contribution in [1.29, 1.82) is 0 Å². The van der Waals surface area contributed by atoms with Crippen LogP contribution in [-0.2, 0) is 0 Å². The number of nitrogens with two attached hydrogens (primary N) is 1. The van der Waals surface area contributed by atoms with Crippen LogP contribution < -0.4 is 16.0 Å². The van der Waals surface area contributed by atoms with Gasteiger partial charge in [0.15, 0.2) is 0 Å². The van der Waals surface area contributed by atoms with Gasteiger partial charge in [-0.2, -0.15) is 0 Å². The standard InChI is InChI=1S/C14H22N4O/c1-10-3-6-17-14(12(10)13(15)19)18-7-4-11(5-8-18)9-16-2/h3,6,11,16H,4-5,7-9H2,1-2H3,(H2,15,19). The topological polar surface area (TPSA) is 71.2 Å². The molecule has 0 saturated carbocycles. The zero-order valence-corrected chi connectivity index (χ0v) is 11.6. The molecule has 0 atom stereocenters. The number of hydrogen-bond acceptors (Lipinski definition) is 4. The van der Waals surface area contributed by atoms with Gasteiger partial charge in [0.2, 0.25) is 0 Å². The molecule has 0 radical (unpaired) electrons. The van der Waals surface area contributed by atoms with Crippen LogP contribution in [0.15, 0.2) is 12.3 Å². The molecule has 0 spiro atoms. The van der Waals surface area contributed by atoms with E-state index in [1.807, 2.05) is 20.0 Å². The molecule has 5 heteroatoms. The first-order valence-corrected chi connectivity index (χ1v) is 6.78. The first-order chi connectivity index (χ1) is 9.13. The van der Waals surface area contributed by atoms with Crippen LogP contribution >= 0.6 is 0 Å². The van der Waals surface area contributed by atoms with Crippen LogP contribution in [0.5, 0.6) is 0 Å². The number of piperidine rings is 1.